The van der Waals surface area contributed by atoms with E-state index in [-0.39, 0.29) is 0 Å². The maximum atomic E-state index is 5.41. The molecule has 0 amide bonds. The lowest BCUT2D eigenvalue weighted by molar-refractivity contribution is 0.796. The van der Waals surface area contributed by atoms with Gasteiger partial charge in [0.1, 0.15) is 5.69 Å². The second-order valence-electron chi connectivity index (χ2n) is 3.56. The zero-order valence-corrected chi connectivity index (χ0v) is 9.50. The van der Waals surface area contributed by atoms with Gasteiger partial charge in [-0.2, -0.15) is 0 Å². The summed E-state index contributed by atoms with van der Waals surface area (Å²) in [4.78, 5) is 0. The Balaban J connectivity index is 2.20. The topological polar surface area (TPSA) is 56.7 Å². The van der Waals surface area contributed by atoms with Gasteiger partial charge < -0.3 is 5.73 Å². The van der Waals surface area contributed by atoms with Crippen LogP contribution in [0.4, 0.5) is 0 Å². The number of nitrogens with zero attached hydrogens (tertiary/aromatic N) is 3. The third kappa shape index (κ3) is 2.92. The van der Waals surface area contributed by atoms with Crippen LogP contribution >= 0.6 is 0 Å². The highest BCUT2D eigenvalue weighted by molar-refractivity contribution is 5.36. The quantitative estimate of drug-likeness (QED) is 0.635. The molecule has 1 heterocycles. The molecule has 1 aromatic carbocycles. The van der Waals surface area contributed by atoms with Gasteiger partial charge in [0, 0.05) is 6.42 Å². The van der Waals surface area contributed by atoms with E-state index in [2.05, 4.69) is 22.2 Å². The first-order valence-corrected chi connectivity index (χ1v) is 5.57. The number of nitrogens with two attached hydrogens (primary N) is 1. The summed E-state index contributed by atoms with van der Waals surface area (Å²) in [7, 11) is 0. The predicted molar refractivity (Wildman–Crippen MR) is 66.5 cm³/mol. The molecule has 86 valence electrons. The summed E-state index contributed by atoms with van der Waals surface area (Å²) in [5.74, 6) is 6.13. The van der Waals surface area contributed by atoms with Gasteiger partial charge >= 0.3 is 0 Å². The maximum absolute atomic E-state index is 5.41. The van der Waals surface area contributed by atoms with E-state index in [1.54, 1.807) is 10.9 Å². The molecule has 0 unspecified atom stereocenters. The lowest BCUT2D eigenvalue weighted by Gasteiger charge is -2.00. The van der Waals surface area contributed by atoms with Crippen LogP contribution in [0.3, 0.4) is 0 Å². The Morgan fingerprint density at radius 3 is 2.82 bits per heavy atom. The highest BCUT2D eigenvalue weighted by Gasteiger charge is 2.01. The van der Waals surface area contributed by atoms with Crippen molar-refractivity contribution >= 4 is 0 Å². The largest absolute Gasteiger partial charge is 0.330 e. The van der Waals surface area contributed by atoms with Crippen molar-refractivity contribution in [3.8, 4) is 17.5 Å². The third-order valence-corrected chi connectivity index (χ3v) is 2.27. The predicted octanol–water partition coefficient (Wildman–Crippen LogP) is 1.36. The van der Waals surface area contributed by atoms with Crippen molar-refractivity contribution in [1.82, 2.24) is 15.0 Å². The second-order valence-corrected chi connectivity index (χ2v) is 3.56. The normalized spacial score (nSPS) is 9.71. The van der Waals surface area contributed by atoms with Crippen LogP contribution in [-0.4, -0.2) is 21.5 Å². The van der Waals surface area contributed by atoms with E-state index in [9.17, 15) is 0 Å². The van der Waals surface area contributed by atoms with Crippen LogP contribution < -0.4 is 5.73 Å². The molecule has 2 aromatic rings. The average Bonchev–Trinajstić information content (AvgIpc) is 2.84. The Labute approximate surface area is 100 Å². The minimum atomic E-state index is 0.672. The highest BCUT2D eigenvalue weighted by atomic mass is 15.4. The molecule has 0 fully saturated rings. The van der Waals surface area contributed by atoms with Crippen molar-refractivity contribution in [3.05, 3.63) is 42.2 Å². The molecule has 0 radical (unpaired) electrons. The number of benzene rings is 1. The standard InChI is InChI=1S/C13H14N4/c14-10-6-2-5-9-13-11-15-16-17(13)12-7-3-1-4-8-12/h1,3-4,7-8,11H,2,6,10,14H2. The summed E-state index contributed by atoms with van der Waals surface area (Å²) in [6.45, 7) is 0.672. The van der Waals surface area contributed by atoms with Gasteiger partial charge in [0.05, 0.1) is 11.9 Å². The van der Waals surface area contributed by atoms with Crippen LogP contribution in [0.1, 0.15) is 18.5 Å². The fourth-order valence-electron chi connectivity index (χ4n) is 1.42. The van der Waals surface area contributed by atoms with Gasteiger partial charge in [-0.05, 0) is 31.0 Å². The van der Waals surface area contributed by atoms with E-state index in [1.807, 2.05) is 30.3 Å². The Bertz CT molecular complexity index is 519. The smallest absolute Gasteiger partial charge is 0.137 e. The average molecular weight is 226 g/mol. The fraction of sp³-hybridized carbons (Fsp3) is 0.231. The van der Waals surface area contributed by atoms with Crippen molar-refractivity contribution in [2.45, 2.75) is 12.8 Å². The Morgan fingerprint density at radius 2 is 2.06 bits per heavy atom. The van der Waals surface area contributed by atoms with Gasteiger partial charge in [-0.25, -0.2) is 4.68 Å². The number of rotatable bonds is 3. The molecule has 0 saturated heterocycles. The second kappa shape index (κ2) is 5.83. The minimum absolute atomic E-state index is 0.672. The van der Waals surface area contributed by atoms with Crippen LogP contribution in [-0.2, 0) is 0 Å². The van der Waals surface area contributed by atoms with Crippen LogP contribution in [0.5, 0.6) is 0 Å². The zero-order chi connectivity index (χ0) is 11.9. The van der Waals surface area contributed by atoms with Gasteiger partial charge in [0.15, 0.2) is 0 Å². The molecule has 4 heteroatoms. The van der Waals surface area contributed by atoms with Gasteiger partial charge in [-0.1, -0.05) is 29.3 Å². The summed E-state index contributed by atoms with van der Waals surface area (Å²) >= 11 is 0. The van der Waals surface area contributed by atoms with Gasteiger partial charge in [-0.15, -0.1) is 5.10 Å². The lowest BCUT2D eigenvalue weighted by Crippen LogP contribution is -1.99. The molecule has 0 bridgehead atoms. The first kappa shape index (κ1) is 11.4. The van der Waals surface area contributed by atoms with Crippen LogP contribution in [0, 0.1) is 11.8 Å². The third-order valence-electron chi connectivity index (χ3n) is 2.27. The maximum Gasteiger partial charge on any atom is 0.137 e. The Morgan fingerprint density at radius 1 is 1.24 bits per heavy atom. The molecular formula is C13H14N4. The Hall–Kier alpha value is -2.12. The number of unbranched alkanes of at least 4 members (excludes halogenated alkanes) is 1. The molecular weight excluding hydrogens is 212 g/mol. The summed E-state index contributed by atoms with van der Waals surface area (Å²) in [5, 5.41) is 7.91. The van der Waals surface area contributed by atoms with Gasteiger partial charge in [-0.3, -0.25) is 0 Å². The van der Waals surface area contributed by atoms with E-state index in [0.29, 0.717) is 6.54 Å². The first-order chi connectivity index (χ1) is 8.42. The van der Waals surface area contributed by atoms with Crippen LogP contribution in [0.2, 0.25) is 0 Å². The number of hydrogen-bond acceptors (Lipinski definition) is 3. The van der Waals surface area contributed by atoms with E-state index in [1.165, 1.54) is 0 Å². The molecule has 4 nitrogen and oxygen atoms in total. The van der Waals surface area contributed by atoms with E-state index >= 15 is 0 Å². The molecule has 1 aromatic heterocycles. The van der Waals surface area contributed by atoms with Crippen molar-refractivity contribution in [2.24, 2.45) is 5.73 Å². The SMILES string of the molecule is NCCCC#Cc1cnnn1-c1ccccc1. The van der Waals surface area contributed by atoms with Crippen molar-refractivity contribution in [2.75, 3.05) is 6.54 Å². The van der Waals surface area contributed by atoms with E-state index in [4.69, 9.17) is 5.73 Å². The summed E-state index contributed by atoms with van der Waals surface area (Å²) in [6, 6.07) is 9.83. The molecule has 2 N–H and O–H groups in total. The minimum Gasteiger partial charge on any atom is -0.330 e. The van der Waals surface area contributed by atoms with Crippen LogP contribution in [0.25, 0.3) is 5.69 Å². The summed E-state index contributed by atoms with van der Waals surface area (Å²) in [6.07, 6.45) is 3.39. The van der Waals surface area contributed by atoms with Crippen molar-refractivity contribution in [1.29, 1.82) is 0 Å². The van der Waals surface area contributed by atoms with Gasteiger partial charge in [0.25, 0.3) is 0 Å². The molecule has 0 spiro atoms. The fourth-order valence-corrected chi connectivity index (χ4v) is 1.42. The summed E-state index contributed by atoms with van der Waals surface area (Å²) < 4.78 is 1.73. The number of para-hydroxylation sites is 1. The van der Waals surface area contributed by atoms with E-state index in [0.717, 1.165) is 24.2 Å². The molecule has 0 aliphatic rings. The molecule has 0 atom stereocenters. The monoisotopic (exact) mass is 226 g/mol. The zero-order valence-electron chi connectivity index (χ0n) is 9.50. The summed E-state index contributed by atoms with van der Waals surface area (Å²) in [5.41, 5.74) is 7.18. The molecule has 0 aliphatic heterocycles. The molecule has 17 heavy (non-hydrogen) atoms. The number of hydrogen-bond donors (Lipinski definition) is 1. The molecule has 0 saturated carbocycles. The number of aromatic nitrogens is 3. The van der Waals surface area contributed by atoms with Crippen LogP contribution in [0.15, 0.2) is 36.5 Å². The highest BCUT2D eigenvalue weighted by Crippen LogP contribution is 2.07. The molecule has 2 rings (SSSR count). The Kier molecular flexibility index (Phi) is 3.90. The van der Waals surface area contributed by atoms with Crippen molar-refractivity contribution in [3.63, 3.8) is 0 Å². The molecule has 0 aliphatic carbocycles. The lowest BCUT2D eigenvalue weighted by atomic mass is 10.3. The first-order valence-electron chi connectivity index (χ1n) is 5.57. The van der Waals surface area contributed by atoms with Gasteiger partial charge in [0.2, 0.25) is 0 Å². The van der Waals surface area contributed by atoms with E-state index < -0.39 is 0 Å². The van der Waals surface area contributed by atoms with Crippen molar-refractivity contribution < 1.29 is 0 Å².